The molecule has 0 bridgehead atoms. The average molecular weight is 277 g/mol. The van der Waals surface area contributed by atoms with Gasteiger partial charge < -0.3 is 9.84 Å². The summed E-state index contributed by atoms with van der Waals surface area (Å²) in [5.74, 6) is 0.533. The molecule has 1 atom stereocenters. The van der Waals surface area contributed by atoms with Crippen molar-refractivity contribution in [3.63, 3.8) is 0 Å². The van der Waals surface area contributed by atoms with Gasteiger partial charge >= 0.3 is 5.97 Å². The fourth-order valence-electron chi connectivity index (χ4n) is 2.70. The molecule has 1 aliphatic rings. The first-order valence-electron chi connectivity index (χ1n) is 7.37. The molecule has 2 rings (SSSR count). The summed E-state index contributed by atoms with van der Waals surface area (Å²) >= 11 is 0. The minimum atomic E-state index is -0.919. The Kier molecular flexibility index (Phi) is 5.41. The lowest BCUT2D eigenvalue weighted by Crippen LogP contribution is -2.37. The molecule has 0 radical (unpaired) electrons. The lowest BCUT2D eigenvalue weighted by Gasteiger charge is -2.32. The van der Waals surface area contributed by atoms with E-state index in [9.17, 15) is 4.79 Å². The van der Waals surface area contributed by atoms with E-state index >= 15 is 0 Å². The van der Waals surface area contributed by atoms with Crippen molar-refractivity contribution in [3.8, 4) is 5.75 Å². The highest BCUT2D eigenvalue weighted by Gasteiger charge is 2.17. The second kappa shape index (κ2) is 7.29. The molecular formula is C16H23NO3. The van der Waals surface area contributed by atoms with Crippen LogP contribution in [0, 0.1) is 5.92 Å². The monoisotopic (exact) mass is 277 g/mol. The zero-order chi connectivity index (χ0) is 14.4. The molecule has 110 valence electrons. The van der Waals surface area contributed by atoms with E-state index in [1.54, 1.807) is 24.3 Å². The SMILES string of the molecule is CCC1CCCN(CCOc2cccc(C(=O)O)c2)C1. The Hall–Kier alpha value is -1.55. The molecule has 1 unspecified atom stereocenters. The first kappa shape index (κ1) is 14.9. The van der Waals surface area contributed by atoms with E-state index in [1.807, 2.05) is 0 Å². The molecule has 0 amide bonds. The minimum Gasteiger partial charge on any atom is -0.492 e. The molecule has 0 spiro atoms. The number of ether oxygens (including phenoxy) is 1. The summed E-state index contributed by atoms with van der Waals surface area (Å²) in [4.78, 5) is 13.3. The number of hydrogen-bond donors (Lipinski definition) is 1. The van der Waals surface area contributed by atoms with Crippen LogP contribution in [0.5, 0.6) is 5.75 Å². The maximum atomic E-state index is 10.9. The van der Waals surface area contributed by atoms with Crippen molar-refractivity contribution in [1.82, 2.24) is 4.90 Å². The van der Waals surface area contributed by atoms with E-state index < -0.39 is 5.97 Å². The normalized spacial score (nSPS) is 19.8. The van der Waals surface area contributed by atoms with Crippen LogP contribution in [0.25, 0.3) is 0 Å². The van der Waals surface area contributed by atoms with Gasteiger partial charge in [0.2, 0.25) is 0 Å². The molecule has 1 saturated heterocycles. The molecule has 1 aromatic rings. The first-order valence-corrected chi connectivity index (χ1v) is 7.37. The predicted molar refractivity (Wildman–Crippen MR) is 78.4 cm³/mol. The van der Waals surface area contributed by atoms with E-state index in [1.165, 1.54) is 19.3 Å². The molecule has 0 aliphatic carbocycles. The van der Waals surface area contributed by atoms with Gasteiger partial charge in [-0.2, -0.15) is 0 Å². The summed E-state index contributed by atoms with van der Waals surface area (Å²) in [6, 6.07) is 6.67. The van der Waals surface area contributed by atoms with Gasteiger partial charge in [-0.1, -0.05) is 19.4 Å². The summed E-state index contributed by atoms with van der Waals surface area (Å²) in [5.41, 5.74) is 0.270. The number of carboxylic acid groups (broad SMARTS) is 1. The second-order valence-corrected chi connectivity index (χ2v) is 5.40. The van der Waals surface area contributed by atoms with Crippen molar-refractivity contribution in [3.05, 3.63) is 29.8 Å². The van der Waals surface area contributed by atoms with Crippen molar-refractivity contribution in [2.24, 2.45) is 5.92 Å². The molecular weight excluding hydrogens is 254 g/mol. The second-order valence-electron chi connectivity index (χ2n) is 5.40. The van der Waals surface area contributed by atoms with Gasteiger partial charge in [-0.15, -0.1) is 0 Å². The Morgan fingerprint density at radius 1 is 1.50 bits per heavy atom. The van der Waals surface area contributed by atoms with Crippen molar-refractivity contribution in [2.45, 2.75) is 26.2 Å². The van der Waals surface area contributed by atoms with Gasteiger partial charge in [0.1, 0.15) is 12.4 Å². The number of aromatic carboxylic acids is 1. The van der Waals surface area contributed by atoms with Crippen LogP contribution in [-0.2, 0) is 0 Å². The van der Waals surface area contributed by atoms with Gasteiger partial charge in [0.25, 0.3) is 0 Å². The molecule has 1 heterocycles. The highest BCUT2D eigenvalue weighted by atomic mass is 16.5. The van der Waals surface area contributed by atoms with Gasteiger partial charge in [-0.05, 0) is 43.5 Å². The quantitative estimate of drug-likeness (QED) is 0.868. The first-order chi connectivity index (χ1) is 9.69. The Balaban J connectivity index is 1.78. The van der Waals surface area contributed by atoms with Crippen LogP contribution in [0.3, 0.4) is 0 Å². The smallest absolute Gasteiger partial charge is 0.335 e. The third-order valence-corrected chi connectivity index (χ3v) is 3.94. The Morgan fingerprint density at radius 3 is 3.10 bits per heavy atom. The molecule has 1 fully saturated rings. The third kappa shape index (κ3) is 4.23. The van der Waals surface area contributed by atoms with Gasteiger partial charge in [0, 0.05) is 13.1 Å². The van der Waals surface area contributed by atoms with Crippen molar-refractivity contribution in [1.29, 1.82) is 0 Å². The maximum absolute atomic E-state index is 10.9. The van der Waals surface area contributed by atoms with E-state index in [0.717, 1.165) is 25.6 Å². The fourth-order valence-corrected chi connectivity index (χ4v) is 2.70. The standard InChI is InChI=1S/C16H23NO3/c1-2-13-5-4-8-17(12-13)9-10-20-15-7-3-6-14(11-15)16(18)19/h3,6-7,11,13H,2,4-5,8-10,12H2,1H3,(H,18,19). The summed E-state index contributed by atoms with van der Waals surface area (Å²) in [5, 5.41) is 8.93. The van der Waals surface area contributed by atoms with Gasteiger partial charge in [0.05, 0.1) is 5.56 Å². The topological polar surface area (TPSA) is 49.8 Å². The Morgan fingerprint density at radius 2 is 2.35 bits per heavy atom. The number of hydrogen-bond acceptors (Lipinski definition) is 3. The van der Waals surface area contributed by atoms with Crippen LogP contribution < -0.4 is 4.74 Å². The largest absolute Gasteiger partial charge is 0.492 e. The van der Waals surface area contributed by atoms with E-state index in [2.05, 4.69) is 11.8 Å². The van der Waals surface area contributed by atoms with Crippen LogP contribution >= 0.6 is 0 Å². The molecule has 0 aromatic heterocycles. The summed E-state index contributed by atoms with van der Waals surface area (Å²) in [6.45, 7) is 6.08. The number of likely N-dealkylation sites (tertiary alicyclic amines) is 1. The number of piperidine rings is 1. The predicted octanol–water partition coefficient (Wildman–Crippen LogP) is 2.89. The molecule has 1 aliphatic heterocycles. The van der Waals surface area contributed by atoms with Crippen LogP contribution in [0.4, 0.5) is 0 Å². The number of rotatable bonds is 6. The highest BCUT2D eigenvalue weighted by molar-refractivity contribution is 5.87. The van der Waals surface area contributed by atoms with Crippen LogP contribution in [0.2, 0.25) is 0 Å². The Labute approximate surface area is 120 Å². The van der Waals surface area contributed by atoms with E-state index in [0.29, 0.717) is 12.4 Å². The molecule has 4 nitrogen and oxygen atoms in total. The van der Waals surface area contributed by atoms with Crippen molar-refractivity contribution in [2.75, 3.05) is 26.2 Å². The van der Waals surface area contributed by atoms with Gasteiger partial charge in [-0.25, -0.2) is 4.79 Å². The third-order valence-electron chi connectivity index (χ3n) is 3.94. The summed E-state index contributed by atoms with van der Waals surface area (Å²) in [7, 11) is 0. The number of carboxylic acids is 1. The minimum absolute atomic E-state index is 0.270. The van der Waals surface area contributed by atoms with Crippen LogP contribution in [0.1, 0.15) is 36.5 Å². The Bertz CT molecular complexity index is 447. The molecule has 1 N–H and O–H groups in total. The molecule has 4 heteroatoms. The zero-order valence-corrected chi connectivity index (χ0v) is 12.0. The number of benzene rings is 1. The lowest BCUT2D eigenvalue weighted by molar-refractivity contribution is 0.0696. The summed E-state index contributed by atoms with van der Waals surface area (Å²) in [6.07, 6.45) is 3.86. The maximum Gasteiger partial charge on any atom is 0.335 e. The van der Waals surface area contributed by atoms with Crippen molar-refractivity contribution >= 4 is 5.97 Å². The van der Waals surface area contributed by atoms with Crippen LogP contribution in [0.15, 0.2) is 24.3 Å². The number of carbonyl (C=O) groups is 1. The number of nitrogens with zero attached hydrogens (tertiary/aromatic N) is 1. The van der Waals surface area contributed by atoms with E-state index in [4.69, 9.17) is 9.84 Å². The highest BCUT2D eigenvalue weighted by Crippen LogP contribution is 2.19. The summed E-state index contributed by atoms with van der Waals surface area (Å²) < 4.78 is 5.66. The zero-order valence-electron chi connectivity index (χ0n) is 12.0. The van der Waals surface area contributed by atoms with E-state index in [-0.39, 0.29) is 5.56 Å². The fraction of sp³-hybridized carbons (Fsp3) is 0.562. The average Bonchev–Trinajstić information content (AvgIpc) is 2.48. The molecule has 1 aromatic carbocycles. The molecule has 0 saturated carbocycles. The molecule has 20 heavy (non-hydrogen) atoms. The van der Waals surface area contributed by atoms with Crippen molar-refractivity contribution < 1.29 is 14.6 Å². The van der Waals surface area contributed by atoms with Crippen LogP contribution in [-0.4, -0.2) is 42.2 Å². The van der Waals surface area contributed by atoms with Gasteiger partial charge in [0.15, 0.2) is 0 Å². The lowest BCUT2D eigenvalue weighted by atomic mass is 9.96. The van der Waals surface area contributed by atoms with Gasteiger partial charge in [-0.3, -0.25) is 4.90 Å².